The van der Waals surface area contributed by atoms with E-state index in [1.165, 1.54) is 18.4 Å². The quantitative estimate of drug-likeness (QED) is 0.357. The second kappa shape index (κ2) is 9.70. The van der Waals surface area contributed by atoms with Crippen LogP contribution < -0.4 is 23.7 Å². The van der Waals surface area contributed by atoms with E-state index in [-0.39, 0.29) is 19.4 Å². The summed E-state index contributed by atoms with van der Waals surface area (Å²) < 4.78 is 40.5. The number of rotatable bonds is 6. The fourth-order valence-electron chi connectivity index (χ4n) is 5.54. The van der Waals surface area contributed by atoms with Gasteiger partial charge in [-0.3, -0.25) is 4.79 Å². The van der Waals surface area contributed by atoms with Crippen LogP contribution in [0, 0.1) is 11.8 Å². The van der Waals surface area contributed by atoms with Crippen LogP contribution in [0.2, 0.25) is 0 Å². The van der Waals surface area contributed by atoms with Crippen molar-refractivity contribution in [1.29, 1.82) is 0 Å². The van der Waals surface area contributed by atoms with Gasteiger partial charge in [0.25, 0.3) is 0 Å². The summed E-state index contributed by atoms with van der Waals surface area (Å²) in [5, 5.41) is 0. The van der Waals surface area contributed by atoms with Crippen LogP contribution >= 0.6 is 27.3 Å². The number of carbonyl (C=O) groups is 2. The number of carbonyl (C=O) groups excluding carboxylic acids is 2. The second-order valence-corrected chi connectivity index (χ2v) is 11.5. The minimum absolute atomic E-state index is 0.0790. The topological polar surface area (TPSA) is 98.8 Å². The number of esters is 2. The molecular formula is C27H23BrO9S. The first kappa shape index (κ1) is 24.9. The van der Waals surface area contributed by atoms with Gasteiger partial charge in [0.05, 0.1) is 37.6 Å². The lowest BCUT2D eigenvalue weighted by atomic mass is 9.66. The Kier molecular flexibility index (Phi) is 6.35. The molecular weight excluding hydrogens is 580 g/mol. The number of thiophene rings is 1. The van der Waals surface area contributed by atoms with Gasteiger partial charge in [-0.05, 0) is 63.5 Å². The third kappa shape index (κ3) is 3.95. The smallest absolute Gasteiger partial charge is 0.348 e. The molecule has 0 radical (unpaired) electrons. The Morgan fingerprint density at radius 1 is 0.947 bits per heavy atom. The molecule has 1 fully saturated rings. The number of benzene rings is 2. The molecule has 0 unspecified atom stereocenters. The lowest BCUT2D eigenvalue weighted by Gasteiger charge is -2.38. The third-order valence-corrected chi connectivity index (χ3v) is 8.78. The molecule has 38 heavy (non-hydrogen) atoms. The summed E-state index contributed by atoms with van der Waals surface area (Å²) in [6, 6.07) is 10.9. The van der Waals surface area contributed by atoms with E-state index < -0.39 is 29.8 Å². The molecule has 6 rings (SSSR count). The van der Waals surface area contributed by atoms with Crippen LogP contribution in [-0.2, 0) is 14.3 Å². The molecule has 1 aromatic heterocycles. The summed E-state index contributed by atoms with van der Waals surface area (Å²) in [7, 11) is 4.62. The molecule has 198 valence electrons. The average Bonchev–Trinajstić information content (AvgIpc) is 3.66. The van der Waals surface area contributed by atoms with Gasteiger partial charge in [0.15, 0.2) is 23.0 Å². The Morgan fingerprint density at radius 2 is 1.63 bits per heavy atom. The lowest BCUT2D eigenvalue weighted by molar-refractivity contribution is -0.141. The van der Waals surface area contributed by atoms with E-state index in [2.05, 4.69) is 15.9 Å². The van der Waals surface area contributed by atoms with Crippen LogP contribution in [-0.4, -0.2) is 46.7 Å². The predicted molar refractivity (Wildman–Crippen MR) is 139 cm³/mol. The van der Waals surface area contributed by atoms with Crippen molar-refractivity contribution in [2.45, 2.75) is 12.0 Å². The number of cyclic esters (lactones) is 1. The van der Waals surface area contributed by atoms with E-state index in [1.54, 1.807) is 26.4 Å². The highest BCUT2D eigenvalue weighted by Gasteiger charge is 2.54. The van der Waals surface area contributed by atoms with Gasteiger partial charge < -0.3 is 33.2 Å². The summed E-state index contributed by atoms with van der Waals surface area (Å²) in [6.07, 6.45) is -0.734. The number of halogens is 1. The maximum atomic E-state index is 13.3. The maximum absolute atomic E-state index is 13.3. The van der Waals surface area contributed by atoms with Gasteiger partial charge >= 0.3 is 11.9 Å². The molecule has 3 heterocycles. The SMILES string of the molecule is COc1cc([C@@H]2c3cc4c(cc3[C@H](OC(=O)c3ccc(Br)s3)[C@H]3COC(=O)[C@H]23)OCO4)cc(OC)c1OC. The molecule has 4 atom stereocenters. The number of hydrogen-bond acceptors (Lipinski definition) is 10. The van der Waals surface area contributed by atoms with Gasteiger partial charge in [-0.1, -0.05) is 0 Å². The molecule has 3 aromatic rings. The van der Waals surface area contributed by atoms with Gasteiger partial charge in [0, 0.05) is 17.4 Å². The minimum Gasteiger partial charge on any atom is -0.493 e. The minimum atomic E-state index is -0.734. The molecule has 0 amide bonds. The van der Waals surface area contributed by atoms with Gasteiger partial charge in [-0.2, -0.15) is 0 Å². The zero-order valence-corrected chi connectivity index (χ0v) is 23.1. The summed E-state index contributed by atoms with van der Waals surface area (Å²) in [5.41, 5.74) is 2.27. The predicted octanol–water partition coefficient (Wildman–Crippen LogP) is 5.10. The van der Waals surface area contributed by atoms with Crippen LogP contribution in [0.1, 0.15) is 38.4 Å². The van der Waals surface area contributed by atoms with Crippen LogP contribution in [0.3, 0.4) is 0 Å². The first-order valence-corrected chi connectivity index (χ1v) is 13.4. The Labute approximate surface area is 230 Å². The molecule has 0 bridgehead atoms. The summed E-state index contributed by atoms with van der Waals surface area (Å²) in [5.74, 6) is 0.127. The highest BCUT2D eigenvalue weighted by atomic mass is 79.9. The highest BCUT2D eigenvalue weighted by molar-refractivity contribution is 9.11. The molecule has 1 aliphatic carbocycles. The van der Waals surface area contributed by atoms with Crippen molar-refractivity contribution in [3.05, 3.63) is 61.8 Å². The monoisotopic (exact) mass is 602 g/mol. The Balaban J connectivity index is 1.52. The number of fused-ring (bicyclic) bond motifs is 3. The fraction of sp³-hybridized carbons (Fsp3) is 0.333. The van der Waals surface area contributed by atoms with Crippen molar-refractivity contribution >= 4 is 39.2 Å². The molecule has 2 aromatic carbocycles. The van der Waals surface area contributed by atoms with Crippen LogP contribution in [0.25, 0.3) is 0 Å². The Hall–Kier alpha value is -3.44. The molecule has 0 saturated carbocycles. The molecule has 0 spiro atoms. The normalized spacial score (nSPS) is 22.8. The molecule has 9 nitrogen and oxygen atoms in total. The molecule has 2 aliphatic heterocycles. The van der Waals surface area contributed by atoms with Crippen molar-refractivity contribution in [3.8, 4) is 28.7 Å². The largest absolute Gasteiger partial charge is 0.493 e. The van der Waals surface area contributed by atoms with Gasteiger partial charge in [0.1, 0.15) is 11.0 Å². The molecule has 3 aliphatic rings. The Morgan fingerprint density at radius 3 is 2.24 bits per heavy atom. The third-order valence-electron chi connectivity index (χ3n) is 7.17. The zero-order chi connectivity index (χ0) is 26.6. The average molecular weight is 603 g/mol. The van der Waals surface area contributed by atoms with E-state index >= 15 is 0 Å². The zero-order valence-electron chi connectivity index (χ0n) is 20.6. The first-order chi connectivity index (χ1) is 18.4. The lowest BCUT2D eigenvalue weighted by Crippen LogP contribution is -2.36. The van der Waals surface area contributed by atoms with Crippen molar-refractivity contribution < 1.29 is 42.7 Å². The van der Waals surface area contributed by atoms with E-state index in [0.29, 0.717) is 33.6 Å². The van der Waals surface area contributed by atoms with E-state index in [4.69, 9.17) is 33.2 Å². The number of ether oxygens (including phenoxy) is 7. The summed E-state index contributed by atoms with van der Waals surface area (Å²) in [6.45, 7) is 0.194. The van der Waals surface area contributed by atoms with E-state index in [1.807, 2.05) is 24.3 Å². The fourth-order valence-corrected chi connectivity index (χ4v) is 6.81. The van der Waals surface area contributed by atoms with Crippen molar-refractivity contribution in [2.75, 3.05) is 34.7 Å². The first-order valence-electron chi connectivity index (χ1n) is 11.8. The van der Waals surface area contributed by atoms with Crippen LogP contribution in [0.15, 0.2) is 40.2 Å². The van der Waals surface area contributed by atoms with E-state index in [9.17, 15) is 9.59 Å². The highest BCUT2D eigenvalue weighted by Crippen LogP contribution is 2.56. The number of methoxy groups -OCH3 is 3. The van der Waals surface area contributed by atoms with Crippen molar-refractivity contribution in [3.63, 3.8) is 0 Å². The molecule has 0 N–H and O–H groups in total. The second-order valence-electron chi connectivity index (χ2n) is 9.02. The van der Waals surface area contributed by atoms with Gasteiger partial charge in [0.2, 0.25) is 12.5 Å². The summed E-state index contributed by atoms with van der Waals surface area (Å²) in [4.78, 5) is 26.9. The van der Waals surface area contributed by atoms with Crippen molar-refractivity contribution in [1.82, 2.24) is 0 Å². The Bertz CT molecular complexity index is 1410. The number of hydrogen-bond donors (Lipinski definition) is 0. The van der Waals surface area contributed by atoms with Crippen LogP contribution in [0.4, 0.5) is 0 Å². The summed E-state index contributed by atoms with van der Waals surface area (Å²) >= 11 is 4.67. The van der Waals surface area contributed by atoms with E-state index in [0.717, 1.165) is 20.5 Å². The van der Waals surface area contributed by atoms with Gasteiger partial charge in [-0.15, -0.1) is 11.3 Å². The van der Waals surface area contributed by atoms with Crippen molar-refractivity contribution in [2.24, 2.45) is 11.8 Å². The standard InChI is InChI=1S/C27H23BrO9S/c1-31-18-6-12(7-19(32-2)25(18)33-3)22-13-8-16-17(36-11-35-16)9-14(13)24(15-10-34-27(30)23(15)22)37-26(29)20-4-5-21(28)38-20/h4-9,15,22-24H,10-11H2,1-3H3/t15-,22+,23-,24-/m0/s1. The molecule has 11 heteroatoms. The van der Waals surface area contributed by atoms with Gasteiger partial charge in [-0.25, -0.2) is 4.79 Å². The molecule has 1 saturated heterocycles. The maximum Gasteiger partial charge on any atom is 0.348 e. The van der Waals surface area contributed by atoms with Crippen LogP contribution in [0.5, 0.6) is 28.7 Å².